The van der Waals surface area contributed by atoms with Gasteiger partial charge in [-0.1, -0.05) is 17.7 Å². The normalized spacial score (nSPS) is 11.6. The summed E-state index contributed by atoms with van der Waals surface area (Å²) in [6, 6.07) is 4.85. The topological polar surface area (TPSA) is 29.3 Å². The summed E-state index contributed by atoms with van der Waals surface area (Å²) in [6.45, 7) is -0.545. The largest absolute Gasteiger partial charge is 0.405 e. The molecule has 0 atom stereocenters. The monoisotopic (exact) mass is 266 g/mol. The Balaban J connectivity index is 2.82. The van der Waals surface area contributed by atoms with Crippen molar-refractivity contribution in [2.75, 3.05) is 25.0 Å². The molecule has 96 valence electrons. The van der Waals surface area contributed by atoms with Crippen molar-refractivity contribution in [3.63, 3.8) is 0 Å². The summed E-state index contributed by atoms with van der Waals surface area (Å²) in [5.41, 5.74) is 6.68. The van der Waals surface area contributed by atoms with Crippen LogP contribution in [0.1, 0.15) is 5.56 Å². The van der Waals surface area contributed by atoms with E-state index < -0.39 is 12.7 Å². The minimum Gasteiger partial charge on any atom is -0.366 e. The summed E-state index contributed by atoms with van der Waals surface area (Å²) in [4.78, 5) is 1.11. The zero-order valence-corrected chi connectivity index (χ0v) is 10.1. The first-order valence-electron chi connectivity index (χ1n) is 5.10. The molecule has 0 radical (unpaired) electrons. The summed E-state index contributed by atoms with van der Waals surface area (Å²) in [5, 5.41) is 0.446. The third-order valence-corrected chi connectivity index (χ3v) is 2.66. The van der Waals surface area contributed by atoms with Crippen LogP contribution >= 0.6 is 11.6 Å². The maximum atomic E-state index is 12.2. The summed E-state index contributed by atoms with van der Waals surface area (Å²) in [6.07, 6.45) is -3.61. The van der Waals surface area contributed by atoms with Gasteiger partial charge in [-0.3, -0.25) is 0 Å². The lowest BCUT2D eigenvalue weighted by Crippen LogP contribution is -2.30. The number of anilines is 1. The lowest BCUT2D eigenvalue weighted by molar-refractivity contribution is -0.119. The molecule has 1 rings (SSSR count). The Kier molecular flexibility index (Phi) is 4.65. The first kappa shape index (κ1) is 14.1. The smallest absolute Gasteiger partial charge is 0.366 e. The van der Waals surface area contributed by atoms with E-state index >= 15 is 0 Å². The van der Waals surface area contributed by atoms with Crippen LogP contribution in [0, 0.1) is 0 Å². The second-order valence-corrected chi connectivity index (χ2v) is 4.19. The fourth-order valence-electron chi connectivity index (χ4n) is 1.49. The van der Waals surface area contributed by atoms with Crippen molar-refractivity contribution in [1.82, 2.24) is 0 Å². The van der Waals surface area contributed by atoms with Crippen molar-refractivity contribution in [3.8, 4) is 0 Å². The van der Waals surface area contributed by atoms with E-state index in [-0.39, 0.29) is 0 Å². The van der Waals surface area contributed by atoms with E-state index in [0.29, 0.717) is 23.7 Å². The van der Waals surface area contributed by atoms with Gasteiger partial charge >= 0.3 is 6.18 Å². The minimum atomic E-state index is -4.23. The number of alkyl halides is 3. The zero-order chi connectivity index (χ0) is 13.1. The highest BCUT2D eigenvalue weighted by Crippen LogP contribution is 2.25. The van der Waals surface area contributed by atoms with E-state index in [1.54, 1.807) is 12.1 Å². The first-order valence-corrected chi connectivity index (χ1v) is 5.47. The second kappa shape index (κ2) is 5.60. The molecule has 2 nitrogen and oxygen atoms in total. The third-order valence-electron chi connectivity index (χ3n) is 2.31. The van der Waals surface area contributed by atoms with Gasteiger partial charge in [0.15, 0.2) is 0 Å². The van der Waals surface area contributed by atoms with Gasteiger partial charge in [-0.25, -0.2) is 0 Å². The van der Waals surface area contributed by atoms with Crippen LogP contribution in [0.3, 0.4) is 0 Å². The van der Waals surface area contributed by atoms with E-state index in [9.17, 15) is 13.2 Å². The first-order chi connectivity index (χ1) is 7.83. The molecular formula is C11H14ClF3N2. The Bertz CT molecular complexity index is 379. The van der Waals surface area contributed by atoms with E-state index in [1.807, 2.05) is 0 Å². The molecule has 0 aliphatic carbocycles. The lowest BCUT2D eigenvalue weighted by atomic mass is 10.1. The van der Waals surface area contributed by atoms with Crippen LogP contribution in [0.2, 0.25) is 5.02 Å². The number of benzene rings is 1. The molecule has 6 heteroatoms. The minimum absolute atomic E-state index is 0.438. The van der Waals surface area contributed by atoms with E-state index in [0.717, 1.165) is 10.5 Å². The molecular weight excluding hydrogens is 253 g/mol. The standard InChI is InChI=1S/C11H14ClF3N2/c1-17(7-11(13,14)15)9-3-2-8(4-5-16)10(12)6-9/h2-3,6H,4-5,7,16H2,1H3. The molecule has 0 fully saturated rings. The van der Waals surface area contributed by atoms with Gasteiger partial charge in [0.25, 0.3) is 0 Å². The molecule has 0 aromatic heterocycles. The van der Waals surface area contributed by atoms with Gasteiger partial charge in [0.05, 0.1) is 0 Å². The zero-order valence-electron chi connectivity index (χ0n) is 9.39. The van der Waals surface area contributed by atoms with Crippen LogP contribution in [-0.2, 0) is 6.42 Å². The van der Waals surface area contributed by atoms with Crippen molar-refractivity contribution in [2.24, 2.45) is 5.73 Å². The predicted octanol–water partition coefficient (Wildman–Crippen LogP) is 2.84. The third kappa shape index (κ3) is 4.44. The fourth-order valence-corrected chi connectivity index (χ4v) is 1.76. The average molecular weight is 267 g/mol. The summed E-state index contributed by atoms with van der Waals surface area (Å²) >= 11 is 5.96. The Morgan fingerprint density at radius 2 is 2.00 bits per heavy atom. The highest BCUT2D eigenvalue weighted by Gasteiger charge is 2.29. The maximum Gasteiger partial charge on any atom is 0.405 e. The van der Waals surface area contributed by atoms with Gasteiger partial charge in [-0.05, 0) is 30.7 Å². The Hall–Kier alpha value is -0.940. The molecule has 0 unspecified atom stereocenters. The van der Waals surface area contributed by atoms with Gasteiger partial charge < -0.3 is 10.6 Å². The van der Waals surface area contributed by atoms with Crippen molar-refractivity contribution >= 4 is 17.3 Å². The van der Waals surface area contributed by atoms with Crippen molar-refractivity contribution in [1.29, 1.82) is 0 Å². The van der Waals surface area contributed by atoms with E-state index in [2.05, 4.69) is 0 Å². The van der Waals surface area contributed by atoms with Gasteiger partial charge in [0, 0.05) is 17.8 Å². The highest BCUT2D eigenvalue weighted by molar-refractivity contribution is 6.31. The molecule has 0 saturated heterocycles. The van der Waals surface area contributed by atoms with Crippen LogP contribution in [-0.4, -0.2) is 26.3 Å². The molecule has 0 saturated carbocycles. The van der Waals surface area contributed by atoms with Gasteiger partial charge in [0.2, 0.25) is 0 Å². The number of hydrogen-bond donors (Lipinski definition) is 1. The summed E-state index contributed by atoms with van der Waals surface area (Å²) < 4.78 is 36.6. The van der Waals surface area contributed by atoms with Crippen LogP contribution in [0.5, 0.6) is 0 Å². The van der Waals surface area contributed by atoms with Crippen LogP contribution < -0.4 is 10.6 Å². The molecule has 0 spiro atoms. The van der Waals surface area contributed by atoms with E-state index in [4.69, 9.17) is 17.3 Å². The van der Waals surface area contributed by atoms with Gasteiger partial charge in [-0.2, -0.15) is 13.2 Å². The second-order valence-electron chi connectivity index (χ2n) is 3.79. The van der Waals surface area contributed by atoms with Gasteiger partial charge in [-0.15, -0.1) is 0 Å². The van der Waals surface area contributed by atoms with Crippen LogP contribution in [0.4, 0.5) is 18.9 Å². The molecule has 0 heterocycles. The summed E-state index contributed by atoms with van der Waals surface area (Å²) in [5.74, 6) is 0. The summed E-state index contributed by atoms with van der Waals surface area (Å²) in [7, 11) is 1.38. The van der Waals surface area contributed by atoms with Gasteiger partial charge in [0.1, 0.15) is 6.54 Å². The SMILES string of the molecule is CN(CC(F)(F)F)c1ccc(CCN)c(Cl)c1. The molecule has 2 N–H and O–H groups in total. The molecule has 17 heavy (non-hydrogen) atoms. The number of halogens is 4. The average Bonchev–Trinajstić information content (AvgIpc) is 2.18. The lowest BCUT2D eigenvalue weighted by Gasteiger charge is -2.21. The quantitative estimate of drug-likeness (QED) is 0.908. The predicted molar refractivity (Wildman–Crippen MR) is 63.5 cm³/mol. The molecule has 1 aromatic rings. The maximum absolute atomic E-state index is 12.2. The van der Waals surface area contributed by atoms with Crippen molar-refractivity contribution < 1.29 is 13.2 Å². The Morgan fingerprint density at radius 3 is 2.47 bits per heavy atom. The molecule has 0 aliphatic rings. The number of hydrogen-bond acceptors (Lipinski definition) is 2. The van der Waals surface area contributed by atoms with Crippen molar-refractivity contribution in [2.45, 2.75) is 12.6 Å². The molecule has 1 aromatic carbocycles. The number of rotatable bonds is 4. The van der Waals surface area contributed by atoms with Crippen molar-refractivity contribution in [3.05, 3.63) is 28.8 Å². The fraction of sp³-hybridized carbons (Fsp3) is 0.455. The Labute approximate surface area is 103 Å². The Morgan fingerprint density at radius 1 is 1.35 bits per heavy atom. The highest BCUT2D eigenvalue weighted by atomic mass is 35.5. The number of nitrogens with two attached hydrogens (primary N) is 1. The molecule has 0 amide bonds. The molecule has 0 bridgehead atoms. The van der Waals surface area contributed by atoms with Crippen LogP contribution in [0.25, 0.3) is 0 Å². The van der Waals surface area contributed by atoms with E-state index in [1.165, 1.54) is 13.1 Å². The number of nitrogens with zero attached hydrogens (tertiary/aromatic N) is 1. The van der Waals surface area contributed by atoms with Crippen LogP contribution in [0.15, 0.2) is 18.2 Å². The molecule has 0 aliphatic heterocycles.